The van der Waals surface area contributed by atoms with Crippen molar-refractivity contribution in [2.45, 2.75) is 37.8 Å². The number of carbonyl (C=O) groups is 1. The molecule has 2 fully saturated rings. The molecule has 7 heteroatoms. The molecule has 0 atom stereocenters. The van der Waals surface area contributed by atoms with Crippen LogP contribution in [0.1, 0.15) is 35.4 Å². The van der Waals surface area contributed by atoms with Crippen LogP contribution in [-0.4, -0.2) is 59.0 Å². The predicted octanol–water partition coefficient (Wildman–Crippen LogP) is 3.94. The highest BCUT2D eigenvalue weighted by Crippen LogP contribution is 2.26. The molecule has 0 radical (unpaired) electrons. The average molecular weight is 406 g/mol. The van der Waals surface area contributed by atoms with Crippen molar-refractivity contribution in [3.63, 3.8) is 0 Å². The fraction of sp³-hybridized carbons (Fsp3) is 0.500. The Hall–Kier alpha value is -1.63. The third kappa shape index (κ3) is 4.62. The van der Waals surface area contributed by atoms with E-state index in [-0.39, 0.29) is 12.0 Å². The first kappa shape index (κ1) is 18.7. The SMILES string of the molecule is O=C(c1ccc(Cl)s1)N1CCC(N2CCC(Oc3ccncc3)CC2)CC1. The van der Waals surface area contributed by atoms with Gasteiger partial charge in [0.2, 0.25) is 0 Å². The molecule has 0 N–H and O–H groups in total. The molecule has 4 rings (SSSR count). The van der Waals surface area contributed by atoms with Crippen molar-refractivity contribution in [2.24, 2.45) is 0 Å². The highest BCUT2D eigenvalue weighted by atomic mass is 35.5. The number of likely N-dealkylation sites (tertiary alicyclic amines) is 2. The molecule has 2 aromatic heterocycles. The van der Waals surface area contributed by atoms with E-state index in [0.717, 1.165) is 62.5 Å². The van der Waals surface area contributed by atoms with Crippen LogP contribution < -0.4 is 4.74 Å². The lowest BCUT2D eigenvalue weighted by Gasteiger charge is -2.41. The summed E-state index contributed by atoms with van der Waals surface area (Å²) in [7, 11) is 0. The Morgan fingerprint density at radius 3 is 2.37 bits per heavy atom. The summed E-state index contributed by atoms with van der Waals surface area (Å²) in [6.07, 6.45) is 8.01. The van der Waals surface area contributed by atoms with Crippen molar-refractivity contribution in [3.8, 4) is 5.75 Å². The minimum atomic E-state index is 0.120. The van der Waals surface area contributed by atoms with E-state index in [4.69, 9.17) is 16.3 Å². The van der Waals surface area contributed by atoms with Gasteiger partial charge in [-0.1, -0.05) is 11.6 Å². The Kier molecular flexibility index (Phi) is 5.95. The van der Waals surface area contributed by atoms with E-state index < -0.39 is 0 Å². The van der Waals surface area contributed by atoms with Crippen LogP contribution in [0, 0.1) is 0 Å². The Balaban J connectivity index is 1.23. The number of nitrogens with zero attached hydrogens (tertiary/aromatic N) is 3. The zero-order valence-electron chi connectivity index (χ0n) is 15.2. The van der Waals surface area contributed by atoms with Crippen LogP contribution in [0.5, 0.6) is 5.75 Å². The van der Waals surface area contributed by atoms with Gasteiger partial charge < -0.3 is 9.64 Å². The Bertz CT molecular complexity index is 754. The lowest BCUT2D eigenvalue weighted by atomic mass is 9.98. The summed E-state index contributed by atoms with van der Waals surface area (Å²) in [5, 5.41) is 0. The second-order valence-corrected chi connectivity index (χ2v) is 8.88. The number of rotatable bonds is 4. The Labute approximate surface area is 168 Å². The van der Waals surface area contributed by atoms with Crippen molar-refractivity contribution in [1.82, 2.24) is 14.8 Å². The molecule has 0 spiro atoms. The quantitative estimate of drug-likeness (QED) is 0.772. The van der Waals surface area contributed by atoms with Gasteiger partial charge in [-0.05, 0) is 49.9 Å². The van der Waals surface area contributed by atoms with Gasteiger partial charge in [-0.15, -0.1) is 11.3 Å². The van der Waals surface area contributed by atoms with E-state index in [2.05, 4.69) is 9.88 Å². The summed E-state index contributed by atoms with van der Waals surface area (Å²) in [6.45, 7) is 3.78. The summed E-state index contributed by atoms with van der Waals surface area (Å²) in [5.41, 5.74) is 0. The minimum Gasteiger partial charge on any atom is -0.490 e. The number of halogens is 1. The summed E-state index contributed by atoms with van der Waals surface area (Å²) in [5.74, 6) is 1.03. The fourth-order valence-electron chi connectivity index (χ4n) is 3.99. The summed E-state index contributed by atoms with van der Waals surface area (Å²) in [6, 6.07) is 8.03. The number of aromatic nitrogens is 1. The van der Waals surface area contributed by atoms with Crippen LogP contribution >= 0.6 is 22.9 Å². The number of thiophene rings is 1. The molecule has 0 aliphatic carbocycles. The highest BCUT2D eigenvalue weighted by Gasteiger charge is 2.30. The van der Waals surface area contributed by atoms with E-state index >= 15 is 0 Å². The number of carbonyl (C=O) groups excluding carboxylic acids is 1. The molecule has 4 heterocycles. The van der Waals surface area contributed by atoms with Crippen molar-refractivity contribution in [1.29, 1.82) is 0 Å². The lowest BCUT2D eigenvalue weighted by Crippen LogP contribution is -2.50. The Morgan fingerprint density at radius 2 is 1.74 bits per heavy atom. The van der Waals surface area contributed by atoms with Gasteiger partial charge in [0.05, 0.1) is 9.21 Å². The number of pyridine rings is 1. The van der Waals surface area contributed by atoms with Gasteiger partial charge in [0.15, 0.2) is 0 Å². The summed E-state index contributed by atoms with van der Waals surface area (Å²) < 4.78 is 6.73. The number of hydrogen-bond acceptors (Lipinski definition) is 5. The molecule has 0 unspecified atom stereocenters. The highest BCUT2D eigenvalue weighted by molar-refractivity contribution is 7.17. The van der Waals surface area contributed by atoms with Gasteiger partial charge >= 0.3 is 0 Å². The molecule has 0 saturated carbocycles. The van der Waals surface area contributed by atoms with Crippen LogP contribution in [0.2, 0.25) is 4.34 Å². The van der Waals surface area contributed by atoms with E-state index in [9.17, 15) is 4.79 Å². The lowest BCUT2D eigenvalue weighted by molar-refractivity contribution is 0.0427. The van der Waals surface area contributed by atoms with Gasteiger partial charge in [-0.3, -0.25) is 14.7 Å². The van der Waals surface area contributed by atoms with Crippen molar-refractivity contribution >= 4 is 28.8 Å². The second kappa shape index (κ2) is 8.59. The monoisotopic (exact) mass is 405 g/mol. The second-order valence-electron chi connectivity index (χ2n) is 7.16. The third-order valence-electron chi connectivity index (χ3n) is 5.48. The smallest absolute Gasteiger partial charge is 0.263 e. The molecule has 1 amide bonds. The molecule has 0 aromatic carbocycles. The van der Waals surface area contributed by atoms with Crippen LogP contribution in [0.3, 0.4) is 0 Å². The third-order valence-corrected chi connectivity index (χ3v) is 6.70. The maximum atomic E-state index is 12.6. The maximum absolute atomic E-state index is 12.6. The average Bonchev–Trinajstić information content (AvgIpc) is 3.15. The van der Waals surface area contributed by atoms with Crippen LogP contribution in [0.15, 0.2) is 36.7 Å². The topological polar surface area (TPSA) is 45.7 Å². The minimum absolute atomic E-state index is 0.120. The largest absolute Gasteiger partial charge is 0.490 e. The molecule has 2 aliphatic heterocycles. The zero-order chi connectivity index (χ0) is 18.6. The predicted molar refractivity (Wildman–Crippen MR) is 108 cm³/mol. The van der Waals surface area contributed by atoms with Gasteiger partial charge in [0, 0.05) is 44.6 Å². The van der Waals surface area contributed by atoms with Gasteiger partial charge in [-0.2, -0.15) is 0 Å². The molecular weight excluding hydrogens is 382 g/mol. The molecular formula is C20H24ClN3O2S. The Morgan fingerprint density at radius 1 is 1.04 bits per heavy atom. The normalized spacial score (nSPS) is 20.0. The zero-order valence-corrected chi connectivity index (χ0v) is 16.8. The fourth-order valence-corrected chi connectivity index (χ4v) is 5.00. The molecule has 0 bridgehead atoms. The first-order valence-corrected chi connectivity index (χ1v) is 10.7. The molecule has 27 heavy (non-hydrogen) atoms. The van der Waals surface area contributed by atoms with E-state index in [1.807, 2.05) is 23.1 Å². The van der Waals surface area contributed by atoms with E-state index in [1.165, 1.54) is 11.3 Å². The number of hydrogen-bond donors (Lipinski definition) is 0. The molecule has 2 saturated heterocycles. The van der Waals surface area contributed by atoms with Gasteiger partial charge in [0.25, 0.3) is 5.91 Å². The first-order valence-electron chi connectivity index (χ1n) is 9.54. The van der Waals surface area contributed by atoms with Crippen molar-refractivity contribution in [3.05, 3.63) is 45.9 Å². The van der Waals surface area contributed by atoms with Crippen LogP contribution in [-0.2, 0) is 0 Å². The number of piperidine rings is 2. The molecule has 2 aliphatic rings. The number of ether oxygens (including phenoxy) is 1. The summed E-state index contributed by atoms with van der Waals surface area (Å²) in [4.78, 5) is 21.9. The van der Waals surface area contributed by atoms with Crippen molar-refractivity contribution < 1.29 is 9.53 Å². The molecule has 5 nitrogen and oxygen atoms in total. The maximum Gasteiger partial charge on any atom is 0.263 e. The number of amides is 1. The first-order chi connectivity index (χ1) is 13.2. The van der Waals surface area contributed by atoms with Crippen LogP contribution in [0.4, 0.5) is 0 Å². The standard InChI is InChI=1S/C20H24ClN3O2S/c21-19-2-1-18(27-19)20(25)24-11-5-15(6-12-24)23-13-7-17(8-14-23)26-16-3-9-22-10-4-16/h1-4,9-10,15,17H,5-8,11-14H2. The van der Waals surface area contributed by atoms with E-state index in [0.29, 0.717) is 10.4 Å². The molecule has 2 aromatic rings. The van der Waals surface area contributed by atoms with Gasteiger partial charge in [0.1, 0.15) is 11.9 Å². The van der Waals surface area contributed by atoms with E-state index in [1.54, 1.807) is 18.5 Å². The van der Waals surface area contributed by atoms with Crippen molar-refractivity contribution in [2.75, 3.05) is 26.2 Å². The van der Waals surface area contributed by atoms with Gasteiger partial charge in [-0.25, -0.2) is 0 Å². The summed E-state index contributed by atoms with van der Waals surface area (Å²) >= 11 is 7.32. The molecule has 144 valence electrons. The van der Waals surface area contributed by atoms with Crippen LogP contribution in [0.25, 0.3) is 0 Å².